The second-order valence-corrected chi connectivity index (χ2v) is 3.97. The van der Waals surface area contributed by atoms with Crippen molar-refractivity contribution in [3.8, 4) is 11.5 Å². The number of oxazole rings is 1. The zero-order chi connectivity index (χ0) is 13.2. The molecule has 0 bridgehead atoms. The molecule has 0 fully saturated rings. The first-order valence-corrected chi connectivity index (χ1v) is 5.68. The van der Waals surface area contributed by atoms with Crippen molar-refractivity contribution in [1.82, 2.24) is 4.98 Å². The van der Waals surface area contributed by atoms with Crippen LogP contribution in [-0.4, -0.2) is 10.1 Å². The van der Waals surface area contributed by atoms with E-state index in [0.717, 1.165) is 0 Å². The SMILES string of the molecule is Oc1cccc2oc(COc3ccc(F)cc3)nc12. The van der Waals surface area contributed by atoms with E-state index in [9.17, 15) is 9.50 Å². The number of ether oxygens (including phenoxy) is 1. The van der Waals surface area contributed by atoms with Crippen LogP contribution in [0.4, 0.5) is 4.39 Å². The van der Waals surface area contributed by atoms with Crippen molar-refractivity contribution >= 4 is 11.1 Å². The molecule has 1 N–H and O–H groups in total. The maximum absolute atomic E-state index is 12.7. The summed E-state index contributed by atoms with van der Waals surface area (Å²) in [5.41, 5.74) is 0.901. The number of aromatic nitrogens is 1. The van der Waals surface area contributed by atoms with Crippen LogP contribution < -0.4 is 4.74 Å². The molecule has 3 aromatic rings. The normalized spacial score (nSPS) is 10.8. The molecule has 5 heteroatoms. The van der Waals surface area contributed by atoms with Crippen molar-refractivity contribution in [1.29, 1.82) is 0 Å². The van der Waals surface area contributed by atoms with Gasteiger partial charge >= 0.3 is 0 Å². The van der Waals surface area contributed by atoms with Gasteiger partial charge in [-0.1, -0.05) is 6.07 Å². The van der Waals surface area contributed by atoms with Crippen molar-refractivity contribution in [3.63, 3.8) is 0 Å². The molecule has 1 aromatic heterocycles. The monoisotopic (exact) mass is 259 g/mol. The summed E-state index contributed by atoms with van der Waals surface area (Å²) in [6.07, 6.45) is 0. The van der Waals surface area contributed by atoms with Gasteiger partial charge in [0.05, 0.1) is 0 Å². The Morgan fingerprint density at radius 3 is 2.68 bits per heavy atom. The fourth-order valence-electron chi connectivity index (χ4n) is 1.72. The highest BCUT2D eigenvalue weighted by Gasteiger charge is 2.09. The fraction of sp³-hybridized carbons (Fsp3) is 0.0714. The van der Waals surface area contributed by atoms with Crippen LogP contribution >= 0.6 is 0 Å². The molecule has 0 aliphatic carbocycles. The highest BCUT2D eigenvalue weighted by molar-refractivity contribution is 5.79. The van der Waals surface area contributed by atoms with Gasteiger partial charge in [-0.15, -0.1) is 0 Å². The van der Waals surface area contributed by atoms with Crippen molar-refractivity contribution in [2.75, 3.05) is 0 Å². The molecule has 0 saturated carbocycles. The Morgan fingerprint density at radius 2 is 1.95 bits per heavy atom. The van der Waals surface area contributed by atoms with Gasteiger partial charge in [-0.2, -0.15) is 0 Å². The molecule has 0 spiro atoms. The minimum Gasteiger partial charge on any atom is -0.506 e. The van der Waals surface area contributed by atoms with E-state index in [-0.39, 0.29) is 18.2 Å². The number of phenols is 1. The first-order chi connectivity index (χ1) is 9.22. The third-order valence-electron chi connectivity index (χ3n) is 2.62. The number of phenolic OH excluding ortho intramolecular Hbond substituents is 1. The summed E-state index contributed by atoms with van der Waals surface area (Å²) >= 11 is 0. The standard InChI is InChI=1S/C14H10FNO3/c15-9-4-6-10(7-5-9)18-8-13-16-14-11(17)2-1-3-12(14)19-13/h1-7,17H,8H2. The molecule has 1 heterocycles. The average molecular weight is 259 g/mol. The molecule has 4 nitrogen and oxygen atoms in total. The van der Waals surface area contributed by atoms with Crippen LogP contribution in [0.5, 0.6) is 11.5 Å². The Bertz CT molecular complexity index is 706. The Hall–Kier alpha value is -2.56. The molecule has 3 rings (SSSR count). The van der Waals surface area contributed by atoms with E-state index in [1.807, 2.05) is 0 Å². The van der Waals surface area contributed by atoms with Gasteiger partial charge in [0.25, 0.3) is 0 Å². The second kappa shape index (κ2) is 4.61. The third kappa shape index (κ3) is 2.35. The van der Waals surface area contributed by atoms with Crippen LogP contribution in [0.3, 0.4) is 0 Å². The summed E-state index contributed by atoms with van der Waals surface area (Å²) in [4.78, 5) is 4.13. The van der Waals surface area contributed by atoms with Crippen LogP contribution in [-0.2, 0) is 6.61 Å². The van der Waals surface area contributed by atoms with E-state index >= 15 is 0 Å². The third-order valence-corrected chi connectivity index (χ3v) is 2.62. The van der Waals surface area contributed by atoms with E-state index < -0.39 is 0 Å². The van der Waals surface area contributed by atoms with Crippen LogP contribution in [0.15, 0.2) is 46.9 Å². The van der Waals surface area contributed by atoms with Gasteiger partial charge in [-0.25, -0.2) is 9.37 Å². The van der Waals surface area contributed by atoms with Crippen LogP contribution in [0.1, 0.15) is 5.89 Å². The number of aromatic hydroxyl groups is 1. The summed E-state index contributed by atoms with van der Waals surface area (Å²) in [6.45, 7) is 0.111. The molecule has 96 valence electrons. The van der Waals surface area contributed by atoms with E-state index in [1.165, 1.54) is 30.3 Å². The Labute approximate surface area is 108 Å². The van der Waals surface area contributed by atoms with Crippen LogP contribution in [0.25, 0.3) is 11.1 Å². The lowest BCUT2D eigenvalue weighted by Crippen LogP contribution is -1.95. The van der Waals surface area contributed by atoms with Gasteiger partial charge in [0.15, 0.2) is 17.7 Å². The lowest BCUT2D eigenvalue weighted by atomic mass is 10.3. The molecule has 19 heavy (non-hydrogen) atoms. The van der Waals surface area contributed by atoms with E-state index in [2.05, 4.69) is 4.98 Å². The van der Waals surface area contributed by atoms with E-state index in [0.29, 0.717) is 22.7 Å². The maximum atomic E-state index is 12.7. The van der Waals surface area contributed by atoms with E-state index in [1.54, 1.807) is 12.1 Å². The number of benzene rings is 2. The highest BCUT2D eigenvalue weighted by atomic mass is 19.1. The molecule has 0 aliphatic heterocycles. The van der Waals surface area contributed by atoms with Gasteiger partial charge in [0.2, 0.25) is 5.89 Å². The summed E-state index contributed by atoms with van der Waals surface area (Å²) in [5, 5.41) is 9.60. The number of para-hydroxylation sites is 1. The zero-order valence-electron chi connectivity index (χ0n) is 9.84. The number of nitrogens with zero attached hydrogens (tertiary/aromatic N) is 1. The molecule has 0 unspecified atom stereocenters. The molecule has 0 atom stereocenters. The van der Waals surface area contributed by atoms with Crippen LogP contribution in [0.2, 0.25) is 0 Å². The predicted octanol–water partition coefficient (Wildman–Crippen LogP) is 3.25. The van der Waals surface area contributed by atoms with Crippen molar-refractivity contribution in [2.45, 2.75) is 6.61 Å². The maximum Gasteiger partial charge on any atom is 0.233 e. The van der Waals surface area contributed by atoms with Gasteiger partial charge in [0, 0.05) is 0 Å². The van der Waals surface area contributed by atoms with Crippen molar-refractivity contribution < 1.29 is 18.7 Å². The Balaban J connectivity index is 1.78. The summed E-state index contributed by atoms with van der Waals surface area (Å²) in [6, 6.07) is 10.6. The fourth-order valence-corrected chi connectivity index (χ4v) is 1.72. The van der Waals surface area contributed by atoms with Gasteiger partial charge in [-0.3, -0.25) is 0 Å². The number of hydrogen-bond acceptors (Lipinski definition) is 4. The summed E-state index contributed by atoms with van der Waals surface area (Å²) in [7, 11) is 0. The first-order valence-electron chi connectivity index (χ1n) is 5.68. The average Bonchev–Trinajstić information content (AvgIpc) is 2.83. The summed E-state index contributed by atoms with van der Waals surface area (Å²) in [5.74, 6) is 0.613. The first kappa shape index (κ1) is 11.5. The Kier molecular flexibility index (Phi) is 2.79. The Morgan fingerprint density at radius 1 is 1.16 bits per heavy atom. The minimum atomic E-state index is -0.320. The van der Waals surface area contributed by atoms with Crippen molar-refractivity contribution in [3.05, 3.63) is 54.2 Å². The molecule has 0 aliphatic rings. The van der Waals surface area contributed by atoms with E-state index in [4.69, 9.17) is 9.15 Å². The molecule has 0 radical (unpaired) electrons. The topological polar surface area (TPSA) is 55.5 Å². The smallest absolute Gasteiger partial charge is 0.233 e. The zero-order valence-corrected chi connectivity index (χ0v) is 9.84. The van der Waals surface area contributed by atoms with Gasteiger partial charge in [-0.05, 0) is 36.4 Å². The molecule has 0 amide bonds. The van der Waals surface area contributed by atoms with Gasteiger partial charge < -0.3 is 14.3 Å². The lowest BCUT2D eigenvalue weighted by molar-refractivity contribution is 0.267. The minimum absolute atomic E-state index is 0.0642. The molecular weight excluding hydrogens is 249 g/mol. The quantitative estimate of drug-likeness (QED) is 0.784. The molecule has 0 saturated heterocycles. The number of fused-ring (bicyclic) bond motifs is 1. The predicted molar refractivity (Wildman–Crippen MR) is 66.4 cm³/mol. The van der Waals surface area contributed by atoms with Crippen molar-refractivity contribution in [2.24, 2.45) is 0 Å². The largest absolute Gasteiger partial charge is 0.506 e. The highest BCUT2D eigenvalue weighted by Crippen LogP contribution is 2.24. The van der Waals surface area contributed by atoms with Gasteiger partial charge in [0.1, 0.15) is 17.3 Å². The molecular formula is C14H10FNO3. The lowest BCUT2D eigenvalue weighted by Gasteiger charge is -2.02. The molecule has 2 aromatic carbocycles. The number of halogens is 1. The van der Waals surface area contributed by atoms with Crippen LogP contribution in [0, 0.1) is 5.82 Å². The summed E-state index contributed by atoms with van der Waals surface area (Å²) < 4.78 is 23.6. The second-order valence-electron chi connectivity index (χ2n) is 3.97. The number of rotatable bonds is 3. The number of hydrogen-bond donors (Lipinski definition) is 1.